The first kappa shape index (κ1) is 83.3. The second kappa shape index (κ2) is 51.8. The number of aldehydes is 2. The molecule has 4 N–H and O–H groups in total. The van der Waals surface area contributed by atoms with Crippen molar-refractivity contribution in [1.82, 2.24) is 0 Å². The molecule has 16 heteroatoms. The normalized spacial score (nSPS) is 10.0. The number of aliphatic hydroxyl groups excluding tert-OH is 3. The number of thioether (sulfide) groups is 2. The first-order valence-electron chi connectivity index (χ1n) is 31.1. The van der Waals surface area contributed by atoms with Crippen molar-refractivity contribution in [3.8, 4) is 0 Å². The predicted octanol–water partition coefficient (Wildman–Crippen LogP) is 18.8. The van der Waals surface area contributed by atoms with Gasteiger partial charge in [0.05, 0.1) is 38.6 Å². The van der Waals surface area contributed by atoms with Crippen molar-refractivity contribution in [3.05, 3.63) is 232 Å². The first-order chi connectivity index (χ1) is 44.0. The zero-order valence-electron chi connectivity index (χ0n) is 54.5. The summed E-state index contributed by atoms with van der Waals surface area (Å²) in [6.45, 7) is 19.4. The molecule has 0 aliphatic heterocycles. The number of halogens is 3. The lowest BCUT2D eigenvalue weighted by atomic mass is 10.1. The molecule has 0 spiro atoms. The van der Waals surface area contributed by atoms with E-state index in [0.717, 1.165) is 146 Å². The van der Waals surface area contributed by atoms with E-state index >= 15 is 0 Å². The van der Waals surface area contributed by atoms with Crippen LogP contribution < -0.4 is 0 Å². The smallest absolute Gasteiger partial charge is 0.335 e. The molecule has 0 unspecified atom stereocenters. The van der Waals surface area contributed by atoms with Crippen LogP contribution >= 0.6 is 71.3 Å². The molecule has 0 amide bonds. The molecule has 494 valence electrons. The Morgan fingerprint density at radius 3 is 1.19 bits per heavy atom. The second-order valence-corrected chi connectivity index (χ2v) is 24.6. The van der Waals surface area contributed by atoms with Gasteiger partial charge in [0.25, 0.3) is 0 Å². The van der Waals surface area contributed by atoms with Crippen molar-refractivity contribution in [1.29, 1.82) is 0 Å². The molecule has 0 bridgehead atoms. The van der Waals surface area contributed by atoms with Gasteiger partial charge in [-0.2, -0.15) is 0 Å². The van der Waals surface area contributed by atoms with Crippen molar-refractivity contribution in [2.24, 2.45) is 0 Å². The minimum absolute atomic E-state index is 0.0837. The van der Waals surface area contributed by atoms with Crippen LogP contribution in [0.15, 0.2) is 164 Å². The summed E-state index contributed by atoms with van der Waals surface area (Å²) in [5.74, 6) is 0.773. The number of aliphatic hydroxyl groups is 3. The van der Waals surface area contributed by atoms with Crippen molar-refractivity contribution in [2.75, 3.05) is 24.7 Å². The number of aryl methyl sites for hydroxylation is 7. The van der Waals surface area contributed by atoms with Gasteiger partial charge in [-0.1, -0.05) is 187 Å². The Labute approximate surface area is 576 Å². The van der Waals surface area contributed by atoms with E-state index < -0.39 is 5.97 Å². The Balaban J connectivity index is 0.000000540. The highest BCUT2D eigenvalue weighted by atomic mass is 79.9. The average molecular weight is 1480 g/mol. The molecular formula is C75H95Br3O11S2. The van der Waals surface area contributed by atoms with E-state index in [1.165, 1.54) is 32.7 Å². The number of rotatable bonds is 26. The molecule has 11 nitrogen and oxygen atoms in total. The fourth-order valence-electron chi connectivity index (χ4n) is 8.77. The van der Waals surface area contributed by atoms with E-state index in [1.54, 1.807) is 35.7 Å². The van der Waals surface area contributed by atoms with Crippen LogP contribution in [0, 0.1) is 0 Å². The molecule has 0 atom stereocenters. The van der Waals surface area contributed by atoms with Gasteiger partial charge < -0.3 is 29.9 Å². The van der Waals surface area contributed by atoms with Gasteiger partial charge in [0.1, 0.15) is 12.6 Å². The van der Waals surface area contributed by atoms with Crippen molar-refractivity contribution < 1.29 is 53.9 Å². The van der Waals surface area contributed by atoms with Gasteiger partial charge >= 0.3 is 17.9 Å². The predicted molar refractivity (Wildman–Crippen MR) is 387 cm³/mol. The summed E-state index contributed by atoms with van der Waals surface area (Å²) in [4.78, 5) is 56.3. The van der Waals surface area contributed by atoms with Crippen LogP contribution in [-0.2, 0) is 89.2 Å². The van der Waals surface area contributed by atoms with Crippen LogP contribution in [0.4, 0.5) is 0 Å². The van der Waals surface area contributed by atoms with Gasteiger partial charge in [-0.15, -0.1) is 23.5 Å². The summed E-state index contributed by atoms with van der Waals surface area (Å²) in [5.41, 5.74) is 14.6. The topological polar surface area (TPSA) is 185 Å². The molecule has 0 radical (unpaired) electrons. The molecule has 0 aliphatic rings. The Morgan fingerprint density at radius 2 is 0.780 bits per heavy atom. The molecule has 0 fully saturated rings. The van der Waals surface area contributed by atoms with Crippen molar-refractivity contribution >= 4 is 102 Å². The third-order valence-electron chi connectivity index (χ3n) is 13.8. The third kappa shape index (κ3) is 34.2. The summed E-state index contributed by atoms with van der Waals surface area (Å²) in [6.07, 6.45) is 11.0. The summed E-state index contributed by atoms with van der Waals surface area (Å²) in [7, 11) is 0. The number of hydrogen-bond donors (Lipinski definition) is 4. The molecule has 0 aliphatic carbocycles. The van der Waals surface area contributed by atoms with Gasteiger partial charge in [-0.3, -0.25) is 19.2 Å². The quantitative estimate of drug-likeness (QED) is 0.0132. The Bertz CT molecular complexity index is 3110. The highest BCUT2D eigenvalue weighted by molar-refractivity contribution is 9.10. The Kier molecular flexibility index (Phi) is 47.4. The summed E-state index contributed by atoms with van der Waals surface area (Å²) in [5, 5.41) is 36.7. The van der Waals surface area contributed by atoms with E-state index in [0.29, 0.717) is 31.6 Å². The van der Waals surface area contributed by atoms with E-state index in [2.05, 4.69) is 106 Å². The lowest BCUT2D eigenvalue weighted by Crippen LogP contribution is -2.03. The Hall–Kier alpha value is -5.69. The minimum Gasteiger partial charge on any atom is -0.478 e. The maximum atomic E-state index is 11.2. The SMILES string of the molecule is CCOC(=O)CCCSc1ccc(CC)c(CBr)c1.CCOC(=O)CCCSc1ccc(CC)c(CO)c1.CCc1ccc(Br)cc1C=O.CCc1ccc(Br)cc1CO.CCc1ccccc1C(=O)O.CCc1ccccc1C=O.CCc1ccccc1CO. The monoisotopic (exact) mass is 1470 g/mol. The second-order valence-electron chi connectivity index (χ2n) is 19.9. The summed E-state index contributed by atoms with van der Waals surface area (Å²) in [6, 6.07) is 47.2. The van der Waals surface area contributed by atoms with E-state index in [1.807, 2.05) is 138 Å². The van der Waals surface area contributed by atoms with Crippen molar-refractivity contribution in [2.45, 2.75) is 168 Å². The maximum absolute atomic E-state index is 11.2. The highest BCUT2D eigenvalue weighted by Gasteiger charge is 2.09. The zero-order chi connectivity index (χ0) is 67.8. The molecular weight excluding hydrogens is 1380 g/mol. The van der Waals surface area contributed by atoms with E-state index in [4.69, 9.17) is 24.8 Å². The molecule has 0 saturated carbocycles. The van der Waals surface area contributed by atoms with Crippen LogP contribution in [0.2, 0.25) is 0 Å². The minimum atomic E-state index is -0.845. The third-order valence-corrected chi connectivity index (χ3v) is 17.6. The number of carboxylic acid groups (broad SMARTS) is 1. The standard InChI is InChI=1S/C15H21BrO2S.C15H22O3S.C9H11BrO.C9H9BrO.C9H10O2.C9H12O.C9H10O/c2*1-3-12-7-8-14(10-13(12)11-16)19-9-5-6-15(17)18-4-2;2*1-2-7-3-4-9(10)5-8(7)6-11;1-2-7-5-3-4-6-8(7)9(10)11;2*1-2-8-5-3-4-6-9(8)7-10/h7-8,10H,3-6,9,11H2,1-2H3;7-8,10,16H,3-6,9,11H2,1-2H3;3-5,11H,2,6H2,1H3;3-6H,2H2,1H3;3-6H,2H2,1H3,(H,10,11);3-6,10H,2,7H2,1H3;3-7H,2H2,1H3. The lowest BCUT2D eigenvalue weighted by molar-refractivity contribution is -0.144. The van der Waals surface area contributed by atoms with Gasteiger partial charge in [0, 0.05) is 48.0 Å². The molecule has 7 aromatic carbocycles. The molecule has 0 saturated heterocycles. The number of carboxylic acids is 1. The van der Waals surface area contributed by atoms with Crippen LogP contribution in [0.5, 0.6) is 0 Å². The highest BCUT2D eigenvalue weighted by Crippen LogP contribution is 2.26. The van der Waals surface area contributed by atoms with E-state index in [9.17, 15) is 29.1 Å². The van der Waals surface area contributed by atoms with Crippen LogP contribution in [0.25, 0.3) is 0 Å². The first-order valence-corrected chi connectivity index (χ1v) is 35.8. The molecule has 91 heavy (non-hydrogen) atoms. The van der Waals surface area contributed by atoms with Gasteiger partial charge in [0.2, 0.25) is 0 Å². The number of hydrogen-bond acceptors (Lipinski definition) is 12. The maximum Gasteiger partial charge on any atom is 0.335 e. The Morgan fingerprint density at radius 1 is 0.418 bits per heavy atom. The number of ether oxygens (including phenoxy) is 2. The average Bonchev–Trinajstić information content (AvgIpc) is 3.69. The number of esters is 2. The molecule has 0 heterocycles. The van der Waals surface area contributed by atoms with Crippen LogP contribution in [0.1, 0.15) is 180 Å². The lowest BCUT2D eigenvalue weighted by Gasteiger charge is -2.08. The summed E-state index contributed by atoms with van der Waals surface area (Å²) >= 11 is 13.7. The fraction of sp³-hybridized carbons (Fsp3) is 0.373. The van der Waals surface area contributed by atoms with E-state index in [-0.39, 0.29) is 31.8 Å². The fourth-order valence-corrected chi connectivity index (χ4v) is 11.9. The number of alkyl halides is 1. The van der Waals surface area contributed by atoms with Crippen LogP contribution in [0.3, 0.4) is 0 Å². The van der Waals surface area contributed by atoms with Crippen LogP contribution in [-0.4, -0.2) is 75.6 Å². The molecule has 7 rings (SSSR count). The molecule has 7 aromatic rings. The van der Waals surface area contributed by atoms with Crippen molar-refractivity contribution in [3.63, 3.8) is 0 Å². The van der Waals surface area contributed by atoms with Gasteiger partial charge in [0.15, 0.2) is 0 Å². The number of carbonyl (C=O) groups excluding carboxylic acids is 4. The summed E-state index contributed by atoms with van der Waals surface area (Å²) < 4.78 is 11.8. The van der Waals surface area contributed by atoms with Gasteiger partial charge in [-0.05, 0) is 199 Å². The zero-order valence-corrected chi connectivity index (χ0v) is 60.9. The number of carbonyl (C=O) groups is 5. The number of benzene rings is 7. The number of aromatic carboxylic acids is 1. The largest absolute Gasteiger partial charge is 0.478 e. The van der Waals surface area contributed by atoms with Gasteiger partial charge in [-0.25, -0.2) is 4.79 Å². The molecule has 0 aromatic heterocycles.